The zero-order valence-corrected chi connectivity index (χ0v) is 24.6. The number of rotatable bonds is 8. The Morgan fingerprint density at radius 3 is 2.56 bits per heavy atom. The van der Waals surface area contributed by atoms with Gasteiger partial charge in [0.25, 0.3) is 0 Å². The van der Waals surface area contributed by atoms with E-state index in [0.717, 1.165) is 62.4 Å². The molecule has 8 heteroatoms. The molecular weight excluding hydrogens is 535 g/mol. The van der Waals surface area contributed by atoms with E-state index in [9.17, 15) is 9.59 Å². The number of piperidine rings is 1. The molecule has 2 saturated carbocycles. The molecule has 3 aliphatic rings. The molecule has 39 heavy (non-hydrogen) atoms. The number of likely N-dealkylation sites (N-methyl/N-ethyl adjacent to an activating group) is 1. The number of hydrogen-bond acceptors (Lipinski definition) is 5. The standard InChI is InChI=1S/C31H38Cl2N2O4/c1-21(36)39-26-6-4-5-24(17-26)30-13-14-35(19-22-7-8-22)20-31(30,38-3)12-11-25(18-30)34(2)29(37)16-23-9-10-27(32)28(33)15-23/h4-6,9-10,15,17,22,25H,7-8,11-14,16,18-20H2,1-3H3/t25-,30+,31+/m1/s1. The third-order valence-electron chi connectivity index (χ3n) is 9.20. The third kappa shape index (κ3) is 5.85. The quantitative estimate of drug-likeness (QED) is 0.290. The minimum absolute atomic E-state index is 0.0518. The van der Waals surface area contributed by atoms with Gasteiger partial charge >= 0.3 is 5.97 Å². The van der Waals surface area contributed by atoms with Gasteiger partial charge in [-0.1, -0.05) is 41.4 Å². The predicted molar refractivity (Wildman–Crippen MR) is 154 cm³/mol. The highest BCUT2D eigenvalue weighted by atomic mass is 35.5. The van der Waals surface area contributed by atoms with Crippen LogP contribution in [0.1, 0.15) is 56.6 Å². The lowest BCUT2D eigenvalue weighted by Gasteiger charge is -2.60. The molecule has 1 amide bonds. The van der Waals surface area contributed by atoms with Crippen molar-refractivity contribution in [2.45, 2.75) is 68.9 Å². The minimum Gasteiger partial charge on any atom is -0.427 e. The number of amides is 1. The lowest BCUT2D eigenvalue weighted by Crippen LogP contribution is -2.68. The molecule has 0 bridgehead atoms. The van der Waals surface area contributed by atoms with Crippen LogP contribution in [0.15, 0.2) is 42.5 Å². The fraction of sp³-hybridized carbons (Fsp3) is 0.548. The lowest BCUT2D eigenvalue weighted by molar-refractivity contribution is -0.160. The Kier molecular flexibility index (Phi) is 8.30. The largest absolute Gasteiger partial charge is 0.427 e. The van der Waals surface area contributed by atoms with Crippen molar-refractivity contribution in [3.8, 4) is 5.75 Å². The molecule has 3 fully saturated rings. The molecule has 5 rings (SSSR count). The summed E-state index contributed by atoms with van der Waals surface area (Å²) in [4.78, 5) is 29.7. The Balaban J connectivity index is 1.44. The van der Waals surface area contributed by atoms with E-state index in [1.807, 2.05) is 43.3 Å². The van der Waals surface area contributed by atoms with Crippen molar-refractivity contribution in [1.29, 1.82) is 0 Å². The van der Waals surface area contributed by atoms with Crippen molar-refractivity contribution in [2.24, 2.45) is 5.92 Å². The van der Waals surface area contributed by atoms with E-state index >= 15 is 0 Å². The van der Waals surface area contributed by atoms with Crippen LogP contribution in [0, 0.1) is 5.92 Å². The number of ether oxygens (including phenoxy) is 2. The van der Waals surface area contributed by atoms with E-state index in [-0.39, 0.29) is 35.4 Å². The number of nitrogens with zero attached hydrogens (tertiary/aromatic N) is 2. The van der Waals surface area contributed by atoms with Gasteiger partial charge in [-0.15, -0.1) is 0 Å². The van der Waals surface area contributed by atoms with Gasteiger partial charge in [0.05, 0.1) is 22.1 Å². The second kappa shape index (κ2) is 11.4. The number of hydrogen-bond donors (Lipinski definition) is 0. The first-order valence-electron chi connectivity index (χ1n) is 13.9. The Morgan fingerprint density at radius 2 is 1.87 bits per heavy atom. The summed E-state index contributed by atoms with van der Waals surface area (Å²) in [6, 6.07) is 13.3. The fourth-order valence-electron chi connectivity index (χ4n) is 6.89. The summed E-state index contributed by atoms with van der Waals surface area (Å²) in [7, 11) is 3.75. The van der Waals surface area contributed by atoms with Crippen LogP contribution in [0.2, 0.25) is 10.0 Å². The van der Waals surface area contributed by atoms with Gasteiger partial charge in [0.2, 0.25) is 5.91 Å². The molecule has 3 atom stereocenters. The molecule has 1 heterocycles. The van der Waals surface area contributed by atoms with Crippen LogP contribution in [0.3, 0.4) is 0 Å². The van der Waals surface area contributed by atoms with Gasteiger partial charge in [-0.05, 0) is 86.4 Å². The molecule has 0 spiro atoms. The number of likely N-dealkylation sites (tertiary alicyclic amines) is 1. The van der Waals surface area contributed by atoms with Gasteiger partial charge in [0.1, 0.15) is 5.75 Å². The Bertz CT molecular complexity index is 1230. The van der Waals surface area contributed by atoms with Crippen LogP contribution < -0.4 is 4.74 Å². The van der Waals surface area contributed by atoms with E-state index in [0.29, 0.717) is 15.8 Å². The molecule has 6 nitrogen and oxygen atoms in total. The molecule has 2 aromatic carbocycles. The van der Waals surface area contributed by atoms with Crippen LogP contribution in [0.25, 0.3) is 0 Å². The molecule has 210 valence electrons. The highest BCUT2D eigenvalue weighted by Gasteiger charge is 2.59. The van der Waals surface area contributed by atoms with Crippen LogP contribution in [0.5, 0.6) is 5.75 Å². The number of carbonyl (C=O) groups is 2. The average molecular weight is 574 g/mol. The summed E-state index contributed by atoms with van der Waals surface area (Å²) >= 11 is 12.3. The van der Waals surface area contributed by atoms with Gasteiger partial charge in [-0.2, -0.15) is 0 Å². The van der Waals surface area contributed by atoms with E-state index < -0.39 is 0 Å². The van der Waals surface area contributed by atoms with Crippen molar-refractivity contribution in [3.05, 3.63) is 63.6 Å². The summed E-state index contributed by atoms with van der Waals surface area (Å²) in [6.07, 6.45) is 6.31. The fourth-order valence-corrected chi connectivity index (χ4v) is 7.21. The van der Waals surface area contributed by atoms with Crippen molar-refractivity contribution in [1.82, 2.24) is 9.80 Å². The molecule has 1 saturated heterocycles. The third-order valence-corrected chi connectivity index (χ3v) is 9.94. The van der Waals surface area contributed by atoms with E-state index in [4.69, 9.17) is 32.7 Å². The van der Waals surface area contributed by atoms with Gasteiger partial charge < -0.3 is 19.3 Å². The summed E-state index contributed by atoms with van der Waals surface area (Å²) in [6.45, 7) is 4.39. The van der Waals surface area contributed by atoms with E-state index in [1.165, 1.54) is 19.8 Å². The molecule has 0 radical (unpaired) electrons. The number of fused-ring (bicyclic) bond motifs is 1. The first kappa shape index (κ1) is 28.4. The van der Waals surface area contributed by atoms with Gasteiger partial charge in [-0.25, -0.2) is 0 Å². The summed E-state index contributed by atoms with van der Waals surface area (Å²) in [5.74, 6) is 1.07. The highest BCUT2D eigenvalue weighted by Crippen LogP contribution is 2.55. The molecule has 1 aliphatic heterocycles. The maximum Gasteiger partial charge on any atom is 0.308 e. The second-order valence-corrected chi connectivity index (χ2v) is 12.5. The molecule has 2 aromatic rings. The number of methoxy groups -OCH3 is 1. The Morgan fingerprint density at radius 1 is 1.08 bits per heavy atom. The normalized spacial score (nSPS) is 27.1. The smallest absolute Gasteiger partial charge is 0.308 e. The monoisotopic (exact) mass is 572 g/mol. The van der Waals surface area contributed by atoms with E-state index in [1.54, 1.807) is 12.1 Å². The van der Waals surface area contributed by atoms with E-state index in [2.05, 4.69) is 11.0 Å². The van der Waals surface area contributed by atoms with Gasteiger partial charge in [0.15, 0.2) is 0 Å². The van der Waals surface area contributed by atoms with Crippen molar-refractivity contribution < 1.29 is 19.1 Å². The lowest BCUT2D eigenvalue weighted by atomic mass is 9.55. The SMILES string of the molecule is CO[C@]12CC[C@@H](N(C)C(=O)Cc3ccc(Cl)c(Cl)c3)C[C@]1(c1cccc(OC(C)=O)c1)CCN(CC1CC1)C2. The first-order chi connectivity index (χ1) is 18.6. The Hall–Kier alpha value is -2.12. The minimum atomic E-state index is -0.390. The van der Waals surface area contributed by atoms with Crippen LogP contribution in [-0.4, -0.2) is 67.1 Å². The van der Waals surface area contributed by atoms with Crippen molar-refractivity contribution in [2.75, 3.05) is 33.8 Å². The summed E-state index contributed by atoms with van der Waals surface area (Å²) < 4.78 is 12.0. The summed E-state index contributed by atoms with van der Waals surface area (Å²) in [5, 5.41) is 0.937. The first-order valence-corrected chi connectivity index (χ1v) is 14.7. The maximum absolute atomic E-state index is 13.5. The average Bonchev–Trinajstić information content (AvgIpc) is 3.73. The maximum atomic E-state index is 13.5. The molecular formula is C31H38Cl2N2O4. The number of carbonyl (C=O) groups excluding carboxylic acids is 2. The molecule has 0 aromatic heterocycles. The zero-order valence-electron chi connectivity index (χ0n) is 23.1. The second-order valence-electron chi connectivity index (χ2n) is 11.7. The van der Waals surface area contributed by atoms with Crippen molar-refractivity contribution >= 4 is 35.1 Å². The van der Waals surface area contributed by atoms with Crippen LogP contribution >= 0.6 is 23.2 Å². The van der Waals surface area contributed by atoms with Crippen molar-refractivity contribution in [3.63, 3.8) is 0 Å². The number of benzene rings is 2. The molecule has 0 N–H and O–H groups in total. The molecule has 2 aliphatic carbocycles. The van der Waals surface area contributed by atoms with Crippen LogP contribution in [-0.2, 0) is 26.2 Å². The number of esters is 1. The zero-order chi connectivity index (χ0) is 27.8. The highest BCUT2D eigenvalue weighted by molar-refractivity contribution is 6.42. The summed E-state index contributed by atoms with van der Waals surface area (Å²) in [5.41, 5.74) is 1.25. The predicted octanol–water partition coefficient (Wildman–Crippen LogP) is 5.91. The van der Waals surface area contributed by atoms with Crippen LogP contribution in [0.4, 0.5) is 0 Å². The number of halogens is 2. The molecule has 0 unspecified atom stereocenters. The van der Waals surface area contributed by atoms with Gasteiger partial charge in [-0.3, -0.25) is 9.59 Å². The Labute approximate surface area is 241 Å². The topological polar surface area (TPSA) is 59.1 Å². The van der Waals surface area contributed by atoms with Gasteiger partial charge in [0, 0.05) is 45.6 Å².